The smallest absolute Gasteiger partial charge is 0.326 e. The van der Waals surface area contributed by atoms with E-state index in [1.165, 1.54) is 4.90 Å². The average Bonchev–Trinajstić information content (AvgIpc) is 2.70. The molecule has 1 aliphatic heterocycles. The normalized spacial score (nSPS) is 22.5. The van der Waals surface area contributed by atoms with Crippen LogP contribution in [0.25, 0.3) is 0 Å². The Hall–Kier alpha value is -1.56. The Balaban J connectivity index is 2.31. The van der Waals surface area contributed by atoms with Crippen LogP contribution in [0.4, 0.5) is 5.69 Å². The lowest BCUT2D eigenvalue weighted by molar-refractivity contribution is -0.142. The van der Waals surface area contributed by atoms with Gasteiger partial charge in [-0.05, 0) is 30.5 Å². The lowest BCUT2D eigenvalue weighted by atomic mass is 10.0. The van der Waals surface area contributed by atoms with E-state index in [-0.39, 0.29) is 11.8 Å². The van der Waals surface area contributed by atoms with Gasteiger partial charge in [-0.25, -0.2) is 4.79 Å². The molecule has 0 bridgehead atoms. The third kappa shape index (κ3) is 2.58. The van der Waals surface area contributed by atoms with Crippen molar-refractivity contribution in [3.63, 3.8) is 0 Å². The molecule has 0 aliphatic carbocycles. The molecule has 1 amide bonds. The minimum atomic E-state index is -0.964. The molecule has 0 saturated carbocycles. The highest BCUT2D eigenvalue weighted by molar-refractivity contribution is 9.10. The van der Waals surface area contributed by atoms with Gasteiger partial charge < -0.3 is 15.7 Å². The summed E-state index contributed by atoms with van der Waals surface area (Å²) in [6.45, 7) is 2.30. The van der Waals surface area contributed by atoms with Crippen LogP contribution >= 0.6 is 15.9 Å². The molecule has 6 heteroatoms. The second-order valence-electron chi connectivity index (χ2n) is 4.78. The number of carboxylic acid groups (broad SMARTS) is 1. The van der Waals surface area contributed by atoms with Gasteiger partial charge >= 0.3 is 5.97 Å². The zero-order valence-electron chi connectivity index (χ0n) is 10.5. The van der Waals surface area contributed by atoms with Crippen molar-refractivity contribution >= 4 is 33.5 Å². The Bertz CT molecular complexity index is 533. The van der Waals surface area contributed by atoms with E-state index in [0.717, 1.165) is 4.47 Å². The predicted octanol–water partition coefficient (Wildman–Crippen LogP) is 1.97. The Morgan fingerprint density at radius 3 is 2.74 bits per heavy atom. The monoisotopic (exact) mass is 326 g/mol. The van der Waals surface area contributed by atoms with E-state index in [0.29, 0.717) is 24.2 Å². The van der Waals surface area contributed by atoms with Gasteiger partial charge in [-0.3, -0.25) is 4.79 Å². The first-order valence-corrected chi connectivity index (χ1v) is 6.80. The summed E-state index contributed by atoms with van der Waals surface area (Å²) in [6.07, 6.45) is 0.694. The number of carbonyl (C=O) groups is 2. The van der Waals surface area contributed by atoms with Gasteiger partial charge in [-0.1, -0.05) is 22.9 Å². The number of aliphatic carboxylic acids is 1. The summed E-state index contributed by atoms with van der Waals surface area (Å²) in [7, 11) is 0. The summed E-state index contributed by atoms with van der Waals surface area (Å²) < 4.78 is 0.783. The highest BCUT2D eigenvalue weighted by atomic mass is 79.9. The first kappa shape index (κ1) is 13.9. The molecule has 3 N–H and O–H groups in total. The summed E-state index contributed by atoms with van der Waals surface area (Å²) in [6, 6.07) is 4.21. The van der Waals surface area contributed by atoms with Crippen LogP contribution in [0.15, 0.2) is 22.7 Å². The van der Waals surface area contributed by atoms with Crippen LogP contribution < -0.4 is 5.73 Å². The molecular weight excluding hydrogens is 312 g/mol. The standard InChI is InChI=1S/C13H15BrN2O3/c1-7-4-5-16(11(7)13(18)19)12(17)9-3-2-8(14)6-10(9)15/h2-3,6-7,11H,4-5,15H2,1H3,(H,18,19). The fraction of sp³-hybridized carbons (Fsp3) is 0.385. The Morgan fingerprint density at radius 1 is 1.47 bits per heavy atom. The SMILES string of the molecule is CC1CCN(C(=O)c2ccc(Br)cc2N)C1C(=O)O. The molecule has 1 aromatic carbocycles. The van der Waals surface area contributed by atoms with E-state index in [2.05, 4.69) is 15.9 Å². The number of rotatable bonds is 2. The van der Waals surface area contributed by atoms with Crippen LogP contribution in [0, 0.1) is 5.92 Å². The van der Waals surface area contributed by atoms with Crippen molar-refractivity contribution in [1.82, 2.24) is 4.90 Å². The maximum atomic E-state index is 12.4. The predicted molar refractivity (Wildman–Crippen MR) is 74.8 cm³/mol. The number of carboxylic acids is 1. The Labute approximate surface area is 119 Å². The number of amides is 1. The van der Waals surface area contributed by atoms with E-state index in [1.807, 2.05) is 6.92 Å². The number of carbonyl (C=O) groups excluding carboxylic acids is 1. The molecule has 1 saturated heterocycles. The van der Waals surface area contributed by atoms with E-state index in [4.69, 9.17) is 5.73 Å². The highest BCUT2D eigenvalue weighted by Gasteiger charge is 2.40. The van der Waals surface area contributed by atoms with Crippen molar-refractivity contribution in [3.8, 4) is 0 Å². The molecule has 1 fully saturated rings. The van der Waals surface area contributed by atoms with E-state index >= 15 is 0 Å². The Kier molecular flexibility index (Phi) is 3.80. The fourth-order valence-corrected chi connectivity index (χ4v) is 2.81. The van der Waals surface area contributed by atoms with Gasteiger partial charge in [-0.2, -0.15) is 0 Å². The quantitative estimate of drug-likeness (QED) is 0.814. The lowest BCUT2D eigenvalue weighted by Crippen LogP contribution is -2.43. The number of nitrogens with two attached hydrogens (primary N) is 1. The fourth-order valence-electron chi connectivity index (χ4n) is 2.43. The van der Waals surface area contributed by atoms with E-state index < -0.39 is 12.0 Å². The molecule has 102 valence electrons. The number of anilines is 1. The Morgan fingerprint density at radius 2 is 2.16 bits per heavy atom. The van der Waals surface area contributed by atoms with Crippen LogP contribution in [-0.2, 0) is 4.79 Å². The number of benzene rings is 1. The molecule has 5 nitrogen and oxygen atoms in total. The largest absolute Gasteiger partial charge is 0.480 e. The zero-order chi connectivity index (χ0) is 14.2. The van der Waals surface area contributed by atoms with Crippen LogP contribution in [0.3, 0.4) is 0 Å². The molecular formula is C13H15BrN2O3. The number of halogens is 1. The van der Waals surface area contributed by atoms with E-state index in [1.54, 1.807) is 18.2 Å². The number of hydrogen-bond donors (Lipinski definition) is 2. The third-order valence-electron chi connectivity index (χ3n) is 3.46. The van der Waals surface area contributed by atoms with Gasteiger partial charge in [0, 0.05) is 16.7 Å². The van der Waals surface area contributed by atoms with Crippen molar-refractivity contribution in [3.05, 3.63) is 28.2 Å². The molecule has 0 spiro atoms. The molecule has 0 aromatic heterocycles. The minimum absolute atomic E-state index is 0.0434. The van der Waals surface area contributed by atoms with Crippen molar-refractivity contribution in [2.75, 3.05) is 12.3 Å². The average molecular weight is 327 g/mol. The van der Waals surface area contributed by atoms with Crippen LogP contribution in [0.2, 0.25) is 0 Å². The van der Waals surface area contributed by atoms with Gasteiger partial charge in [0.05, 0.1) is 5.56 Å². The maximum absolute atomic E-state index is 12.4. The topological polar surface area (TPSA) is 83.6 Å². The highest BCUT2D eigenvalue weighted by Crippen LogP contribution is 2.28. The summed E-state index contributed by atoms with van der Waals surface area (Å²) in [5, 5.41) is 9.23. The van der Waals surface area contributed by atoms with Crippen LogP contribution in [0.1, 0.15) is 23.7 Å². The molecule has 19 heavy (non-hydrogen) atoms. The molecule has 1 heterocycles. The van der Waals surface area contributed by atoms with Gasteiger partial charge in [0.1, 0.15) is 6.04 Å². The lowest BCUT2D eigenvalue weighted by Gasteiger charge is -2.24. The second kappa shape index (κ2) is 5.21. The second-order valence-corrected chi connectivity index (χ2v) is 5.69. The van der Waals surface area contributed by atoms with Gasteiger partial charge in [0.25, 0.3) is 5.91 Å². The maximum Gasteiger partial charge on any atom is 0.326 e. The number of hydrogen-bond acceptors (Lipinski definition) is 3. The summed E-state index contributed by atoms with van der Waals surface area (Å²) in [4.78, 5) is 25.1. The number of nitrogen functional groups attached to an aromatic ring is 1. The van der Waals surface area contributed by atoms with Crippen molar-refractivity contribution < 1.29 is 14.7 Å². The van der Waals surface area contributed by atoms with Crippen LogP contribution in [-0.4, -0.2) is 34.5 Å². The molecule has 0 radical (unpaired) electrons. The number of nitrogens with zero attached hydrogens (tertiary/aromatic N) is 1. The van der Waals surface area contributed by atoms with Gasteiger partial charge in [0.2, 0.25) is 0 Å². The van der Waals surface area contributed by atoms with Crippen molar-refractivity contribution in [1.29, 1.82) is 0 Å². The number of likely N-dealkylation sites (tertiary alicyclic amines) is 1. The zero-order valence-corrected chi connectivity index (χ0v) is 12.1. The van der Waals surface area contributed by atoms with Gasteiger partial charge in [-0.15, -0.1) is 0 Å². The molecule has 2 atom stereocenters. The van der Waals surface area contributed by atoms with E-state index in [9.17, 15) is 14.7 Å². The van der Waals surface area contributed by atoms with Crippen molar-refractivity contribution in [2.45, 2.75) is 19.4 Å². The minimum Gasteiger partial charge on any atom is -0.480 e. The van der Waals surface area contributed by atoms with Gasteiger partial charge in [0.15, 0.2) is 0 Å². The third-order valence-corrected chi connectivity index (χ3v) is 3.95. The summed E-state index contributed by atoms with van der Waals surface area (Å²) >= 11 is 3.27. The molecule has 1 aliphatic rings. The summed E-state index contributed by atoms with van der Waals surface area (Å²) in [5.74, 6) is -1.33. The first-order valence-electron chi connectivity index (χ1n) is 6.00. The molecule has 2 rings (SSSR count). The molecule has 1 aromatic rings. The van der Waals surface area contributed by atoms with Crippen LogP contribution in [0.5, 0.6) is 0 Å². The van der Waals surface area contributed by atoms with Crippen molar-refractivity contribution in [2.24, 2.45) is 5.92 Å². The molecule has 2 unspecified atom stereocenters. The first-order chi connectivity index (χ1) is 8.91. The summed E-state index contributed by atoms with van der Waals surface area (Å²) in [5.41, 5.74) is 6.52.